The third kappa shape index (κ3) is 2.68. The first kappa shape index (κ1) is 13.0. The number of aromatic nitrogens is 1. The second-order valence-electron chi connectivity index (χ2n) is 4.06. The number of carbonyl (C=O) groups excluding carboxylic acids is 2. The molecule has 19 heavy (non-hydrogen) atoms. The van der Waals surface area contributed by atoms with Crippen molar-refractivity contribution in [1.29, 1.82) is 0 Å². The van der Waals surface area contributed by atoms with Crippen LogP contribution in [0.15, 0.2) is 36.4 Å². The summed E-state index contributed by atoms with van der Waals surface area (Å²) in [5, 5.41) is 0. The maximum Gasteiger partial charge on any atom is 0.356 e. The van der Waals surface area contributed by atoms with Crippen molar-refractivity contribution in [3.63, 3.8) is 0 Å². The van der Waals surface area contributed by atoms with E-state index in [0.717, 1.165) is 23.1 Å². The Bertz CT molecular complexity index is 618. The van der Waals surface area contributed by atoms with Crippen LogP contribution in [-0.4, -0.2) is 24.3 Å². The predicted molar refractivity (Wildman–Crippen MR) is 71.1 cm³/mol. The summed E-state index contributed by atoms with van der Waals surface area (Å²) in [4.78, 5) is 26.2. The maximum atomic E-state index is 11.4. The molecule has 2 aromatic rings. The van der Waals surface area contributed by atoms with E-state index in [2.05, 4.69) is 9.72 Å². The molecule has 0 aliphatic heterocycles. The number of aryl methyl sites for hydroxylation is 1. The van der Waals surface area contributed by atoms with Gasteiger partial charge < -0.3 is 4.74 Å². The van der Waals surface area contributed by atoms with Gasteiger partial charge in [-0.1, -0.05) is 30.3 Å². The van der Waals surface area contributed by atoms with Crippen LogP contribution >= 0.6 is 0 Å². The van der Waals surface area contributed by atoms with Crippen LogP contribution in [0.1, 0.15) is 26.5 Å². The van der Waals surface area contributed by atoms with E-state index >= 15 is 0 Å². The van der Waals surface area contributed by atoms with E-state index in [-0.39, 0.29) is 5.69 Å². The lowest BCUT2D eigenvalue weighted by Crippen LogP contribution is -2.05. The highest BCUT2D eigenvalue weighted by atomic mass is 16.5. The summed E-state index contributed by atoms with van der Waals surface area (Å²) in [5.41, 5.74) is 3.52. The average molecular weight is 255 g/mol. The molecule has 96 valence electrons. The maximum absolute atomic E-state index is 11.4. The Balaban J connectivity index is 2.39. The Morgan fingerprint density at radius 3 is 2.37 bits per heavy atom. The highest BCUT2D eigenvalue weighted by molar-refractivity contribution is 5.88. The van der Waals surface area contributed by atoms with Crippen LogP contribution in [-0.2, 0) is 4.74 Å². The van der Waals surface area contributed by atoms with E-state index in [4.69, 9.17) is 0 Å². The Kier molecular flexibility index (Phi) is 3.71. The lowest BCUT2D eigenvalue weighted by Gasteiger charge is -2.07. The summed E-state index contributed by atoms with van der Waals surface area (Å²) in [6.45, 7) is 1.83. The van der Waals surface area contributed by atoms with E-state index in [0.29, 0.717) is 5.56 Å². The molecule has 0 atom stereocenters. The number of rotatable bonds is 3. The molecule has 0 saturated heterocycles. The van der Waals surface area contributed by atoms with Crippen molar-refractivity contribution in [3.8, 4) is 11.1 Å². The third-order valence-corrected chi connectivity index (χ3v) is 2.84. The number of hydrogen-bond donors (Lipinski definition) is 0. The molecule has 0 bridgehead atoms. The highest BCUT2D eigenvalue weighted by Gasteiger charge is 2.10. The minimum atomic E-state index is -0.453. The number of esters is 1. The van der Waals surface area contributed by atoms with Gasteiger partial charge in [-0.15, -0.1) is 0 Å². The van der Waals surface area contributed by atoms with E-state index in [1.807, 2.05) is 25.1 Å². The van der Waals surface area contributed by atoms with Crippen LogP contribution in [0.2, 0.25) is 0 Å². The van der Waals surface area contributed by atoms with Crippen LogP contribution in [0.3, 0.4) is 0 Å². The van der Waals surface area contributed by atoms with Gasteiger partial charge in [-0.05, 0) is 18.6 Å². The van der Waals surface area contributed by atoms with Crippen molar-refractivity contribution >= 4 is 12.3 Å². The van der Waals surface area contributed by atoms with Crippen LogP contribution < -0.4 is 0 Å². The first-order valence-electron chi connectivity index (χ1n) is 5.77. The monoisotopic (exact) mass is 255 g/mol. The predicted octanol–water partition coefficient (Wildman–Crippen LogP) is 2.66. The second kappa shape index (κ2) is 5.44. The van der Waals surface area contributed by atoms with E-state index in [9.17, 15) is 9.59 Å². The first-order valence-corrected chi connectivity index (χ1v) is 5.77. The molecule has 1 aromatic carbocycles. The van der Waals surface area contributed by atoms with Gasteiger partial charge in [0.1, 0.15) is 12.0 Å². The summed E-state index contributed by atoms with van der Waals surface area (Å²) < 4.78 is 4.63. The van der Waals surface area contributed by atoms with Gasteiger partial charge in [-0.25, -0.2) is 9.78 Å². The molecule has 0 spiro atoms. The van der Waals surface area contributed by atoms with Gasteiger partial charge in [-0.2, -0.15) is 0 Å². The summed E-state index contributed by atoms with van der Waals surface area (Å²) in [7, 11) is 1.32. The van der Waals surface area contributed by atoms with Crippen molar-refractivity contribution < 1.29 is 14.3 Å². The van der Waals surface area contributed by atoms with Gasteiger partial charge in [0.25, 0.3) is 0 Å². The van der Waals surface area contributed by atoms with Crippen LogP contribution in [0.5, 0.6) is 0 Å². The quantitative estimate of drug-likeness (QED) is 0.625. The normalized spacial score (nSPS) is 10.0. The Morgan fingerprint density at radius 1 is 1.16 bits per heavy atom. The van der Waals surface area contributed by atoms with Crippen LogP contribution in [0, 0.1) is 6.92 Å². The molecule has 1 heterocycles. The lowest BCUT2D eigenvalue weighted by atomic mass is 10.0. The Morgan fingerprint density at radius 2 is 1.84 bits per heavy atom. The number of methoxy groups -OCH3 is 1. The molecule has 0 unspecified atom stereocenters. The fourth-order valence-corrected chi connectivity index (χ4v) is 1.83. The summed E-state index contributed by atoms with van der Waals surface area (Å²) in [6, 6.07) is 10.6. The highest BCUT2D eigenvalue weighted by Crippen LogP contribution is 2.22. The molecule has 0 fully saturated rings. The largest absolute Gasteiger partial charge is 0.464 e. The number of ether oxygens (including phenoxy) is 1. The van der Waals surface area contributed by atoms with Crippen molar-refractivity contribution in [2.24, 2.45) is 0 Å². The zero-order valence-electron chi connectivity index (χ0n) is 10.7. The number of nitrogens with zero attached hydrogens (tertiary/aromatic N) is 1. The van der Waals surface area contributed by atoms with Gasteiger partial charge in [0.2, 0.25) is 0 Å². The van der Waals surface area contributed by atoms with Crippen LogP contribution in [0.25, 0.3) is 11.1 Å². The summed E-state index contributed by atoms with van der Waals surface area (Å²) in [5.74, 6) is -0.453. The van der Waals surface area contributed by atoms with Crippen LogP contribution in [0.4, 0.5) is 0 Å². The Labute approximate surface area is 111 Å². The minimum absolute atomic E-state index is 0.285. The van der Waals surface area contributed by atoms with Crippen molar-refractivity contribution in [3.05, 3.63) is 53.3 Å². The van der Waals surface area contributed by atoms with Crippen molar-refractivity contribution in [2.75, 3.05) is 7.11 Å². The molecule has 4 heteroatoms. The van der Waals surface area contributed by atoms with Gasteiger partial charge >= 0.3 is 5.97 Å². The number of aldehydes is 1. The zero-order chi connectivity index (χ0) is 13.8. The van der Waals surface area contributed by atoms with Crippen molar-refractivity contribution in [1.82, 2.24) is 4.98 Å². The fraction of sp³-hybridized carbons (Fsp3) is 0.133. The number of hydrogen-bond acceptors (Lipinski definition) is 4. The van der Waals surface area contributed by atoms with Gasteiger partial charge in [0.15, 0.2) is 0 Å². The molecule has 0 aliphatic carbocycles. The molecule has 0 radical (unpaired) electrons. The van der Waals surface area contributed by atoms with E-state index < -0.39 is 5.97 Å². The molecular formula is C15H13NO3. The fourth-order valence-electron chi connectivity index (χ4n) is 1.83. The number of benzene rings is 1. The molecule has 0 saturated carbocycles. The molecular weight excluding hydrogens is 242 g/mol. The smallest absolute Gasteiger partial charge is 0.356 e. The van der Waals surface area contributed by atoms with E-state index in [1.54, 1.807) is 18.2 Å². The Hall–Kier alpha value is -2.49. The average Bonchev–Trinajstić information content (AvgIpc) is 2.46. The summed E-state index contributed by atoms with van der Waals surface area (Å²) >= 11 is 0. The van der Waals surface area contributed by atoms with Gasteiger partial charge in [0.05, 0.1) is 7.11 Å². The molecule has 2 rings (SSSR count). The standard InChI is InChI=1S/C15H13NO3/c1-10-13(7-8-14(16-10)15(18)19-2)12-5-3-11(9-17)4-6-12/h3-9H,1-2H3. The van der Waals surface area contributed by atoms with E-state index in [1.165, 1.54) is 7.11 Å². The second-order valence-corrected chi connectivity index (χ2v) is 4.06. The van der Waals surface area contributed by atoms with Gasteiger partial charge in [0, 0.05) is 16.8 Å². The zero-order valence-corrected chi connectivity index (χ0v) is 10.7. The number of pyridine rings is 1. The van der Waals surface area contributed by atoms with Gasteiger partial charge in [-0.3, -0.25) is 4.79 Å². The topological polar surface area (TPSA) is 56.3 Å². The molecule has 1 aromatic heterocycles. The lowest BCUT2D eigenvalue weighted by molar-refractivity contribution is 0.0593. The minimum Gasteiger partial charge on any atom is -0.464 e. The molecule has 4 nitrogen and oxygen atoms in total. The molecule has 0 amide bonds. The summed E-state index contributed by atoms with van der Waals surface area (Å²) in [6.07, 6.45) is 0.801. The number of carbonyl (C=O) groups is 2. The van der Waals surface area contributed by atoms with Crippen molar-refractivity contribution in [2.45, 2.75) is 6.92 Å². The SMILES string of the molecule is COC(=O)c1ccc(-c2ccc(C=O)cc2)c(C)n1. The first-order chi connectivity index (χ1) is 9.15. The molecule has 0 aliphatic rings. The third-order valence-electron chi connectivity index (χ3n) is 2.84. The molecule has 0 N–H and O–H groups in total.